The highest BCUT2D eigenvalue weighted by Gasteiger charge is 2.28. The van der Waals surface area contributed by atoms with Gasteiger partial charge in [0.25, 0.3) is 0 Å². The lowest BCUT2D eigenvalue weighted by Gasteiger charge is -2.41. The first-order valence-electron chi connectivity index (χ1n) is 8.14. The molecule has 1 aliphatic rings. The Bertz CT molecular complexity index is 425. The van der Waals surface area contributed by atoms with Crippen LogP contribution in [0.1, 0.15) is 58.6 Å². The summed E-state index contributed by atoms with van der Waals surface area (Å²) in [5, 5.41) is 3.62. The lowest BCUT2D eigenvalue weighted by atomic mass is 9.83. The van der Waals surface area contributed by atoms with Crippen LogP contribution in [-0.2, 0) is 0 Å². The predicted molar refractivity (Wildman–Crippen MR) is 88.4 cm³/mol. The summed E-state index contributed by atoms with van der Waals surface area (Å²) in [6.45, 7) is 12.6. The van der Waals surface area contributed by atoms with Crippen LogP contribution in [0.2, 0.25) is 0 Å². The molecule has 2 heteroatoms. The molecule has 1 atom stereocenters. The first-order valence-corrected chi connectivity index (χ1v) is 8.14. The van der Waals surface area contributed by atoms with E-state index in [-0.39, 0.29) is 0 Å². The van der Waals surface area contributed by atoms with E-state index in [1.54, 1.807) is 0 Å². The van der Waals surface area contributed by atoms with Crippen LogP contribution in [0.5, 0.6) is 0 Å². The van der Waals surface area contributed by atoms with Crippen molar-refractivity contribution >= 4 is 5.69 Å². The molecule has 1 aromatic carbocycles. The van der Waals surface area contributed by atoms with Gasteiger partial charge < -0.3 is 10.2 Å². The molecule has 1 aromatic rings. The Morgan fingerprint density at radius 3 is 2.65 bits per heavy atom. The molecule has 0 radical (unpaired) electrons. The van der Waals surface area contributed by atoms with Gasteiger partial charge in [0.1, 0.15) is 0 Å². The SMILES string of the molecule is CCNC(CC)c1ccccc1N1CCCC(C)(C)C1. The molecule has 1 N–H and O–H groups in total. The van der Waals surface area contributed by atoms with Gasteiger partial charge >= 0.3 is 0 Å². The molecule has 2 rings (SSSR count). The first kappa shape index (κ1) is 15.4. The van der Waals surface area contributed by atoms with Crippen LogP contribution in [-0.4, -0.2) is 19.6 Å². The van der Waals surface area contributed by atoms with Gasteiger partial charge in [0, 0.05) is 24.8 Å². The number of rotatable bonds is 5. The van der Waals surface area contributed by atoms with Crippen molar-refractivity contribution in [2.75, 3.05) is 24.5 Å². The molecule has 0 amide bonds. The predicted octanol–water partition coefficient (Wildman–Crippen LogP) is 4.37. The second-order valence-electron chi connectivity index (χ2n) is 6.77. The number of anilines is 1. The Morgan fingerprint density at radius 2 is 2.00 bits per heavy atom. The van der Waals surface area contributed by atoms with E-state index >= 15 is 0 Å². The molecule has 0 saturated carbocycles. The summed E-state index contributed by atoms with van der Waals surface area (Å²) in [7, 11) is 0. The zero-order valence-corrected chi connectivity index (χ0v) is 13.6. The van der Waals surface area contributed by atoms with Gasteiger partial charge in [-0.05, 0) is 42.9 Å². The molecule has 2 nitrogen and oxygen atoms in total. The molecule has 1 fully saturated rings. The number of nitrogens with one attached hydrogen (secondary N) is 1. The van der Waals surface area contributed by atoms with Crippen molar-refractivity contribution in [1.82, 2.24) is 5.32 Å². The van der Waals surface area contributed by atoms with Crippen molar-refractivity contribution < 1.29 is 0 Å². The average molecular weight is 274 g/mol. The normalized spacial score (nSPS) is 19.9. The number of benzene rings is 1. The van der Waals surface area contributed by atoms with E-state index in [1.165, 1.54) is 37.2 Å². The minimum atomic E-state index is 0.436. The quantitative estimate of drug-likeness (QED) is 0.857. The highest BCUT2D eigenvalue weighted by atomic mass is 15.1. The van der Waals surface area contributed by atoms with Crippen molar-refractivity contribution in [3.05, 3.63) is 29.8 Å². The van der Waals surface area contributed by atoms with E-state index in [2.05, 4.69) is 62.2 Å². The Morgan fingerprint density at radius 1 is 1.25 bits per heavy atom. The summed E-state index contributed by atoms with van der Waals surface area (Å²) in [6.07, 6.45) is 3.79. The van der Waals surface area contributed by atoms with Gasteiger partial charge in [0.2, 0.25) is 0 Å². The minimum Gasteiger partial charge on any atom is -0.371 e. The highest BCUT2D eigenvalue weighted by Crippen LogP contribution is 2.35. The molecule has 0 bridgehead atoms. The molecule has 1 aliphatic heterocycles. The largest absolute Gasteiger partial charge is 0.371 e. The molecule has 0 spiro atoms. The van der Waals surface area contributed by atoms with Crippen molar-refractivity contribution in [3.63, 3.8) is 0 Å². The van der Waals surface area contributed by atoms with Gasteiger partial charge in [-0.25, -0.2) is 0 Å². The maximum absolute atomic E-state index is 3.62. The Kier molecular flexibility index (Phi) is 5.09. The number of hydrogen-bond donors (Lipinski definition) is 1. The van der Waals surface area contributed by atoms with Crippen LogP contribution in [0.25, 0.3) is 0 Å². The summed E-state index contributed by atoms with van der Waals surface area (Å²) in [6, 6.07) is 9.43. The summed E-state index contributed by atoms with van der Waals surface area (Å²) in [4.78, 5) is 2.60. The minimum absolute atomic E-state index is 0.436. The third-order valence-corrected chi connectivity index (χ3v) is 4.41. The van der Waals surface area contributed by atoms with Gasteiger partial charge in [0.15, 0.2) is 0 Å². The van der Waals surface area contributed by atoms with Crippen LogP contribution in [0, 0.1) is 5.41 Å². The lowest BCUT2D eigenvalue weighted by molar-refractivity contribution is 0.292. The highest BCUT2D eigenvalue weighted by molar-refractivity contribution is 5.55. The fourth-order valence-corrected chi connectivity index (χ4v) is 3.42. The summed E-state index contributed by atoms with van der Waals surface area (Å²) >= 11 is 0. The first-order chi connectivity index (χ1) is 9.57. The zero-order valence-electron chi connectivity index (χ0n) is 13.6. The number of hydrogen-bond acceptors (Lipinski definition) is 2. The fraction of sp³-hybridized carbons (Fsp3) is 0.667. The van der Waals surface area contributed by atoms with Crippen molar-refractivity contribution in [2.24, 2.45) is 5.41 Å². The van der Waals surface area contributed by atoms with E-state index in [0.717, 1.165) is 13.0 Å². The van der Waals surface area contributed by atoms with Crippen LogP contribution >= 0.6 is 0 Å². The van der Waals surface area contributed by atoms with E-state index in [9.17, 15) is 0 Å². The van der Waals surface area contributed by atoms with E-state index in [1.807, 2.05) is 0 Å². The van der Waals surface area contributed by atoms with E-state index in [0.29, 0.717) is 11.5 Å². The molecule has 20 heavy (non-hydrogen) atoms. The summed E-state index contributed by atoms with van der Waals surface area (Å²) < 4.78 is 0. The van der Waals surface area contributed by atoms with Gasteiger partial charge in [-0.3, -0.25) is 0 Å². The number of piperidine rings is 1. The smallest absolute Gasteiger partial charge is 0.0414 e. The van der Waals surface area contributed by atoms with Gasteiger partial charge in [0.05, 0.1) is 0 Å². The molecule has 1 saturated heterocycles. The fourth-order valence-electron chi connectivity index (χ4n) is 3.42. The van der Waals surface area contributed by atoms with Crippen LogP contribution in [0.4, 0.5) is 5.69 Å². The van der Waals surface area contributed by atoms with E-state index in [4.69, 9.17) is 0 Å². The Balaban J connectivity index is 2.27. The summed E-state index contributed by atoms with van der Waals surface area (Å²) in [5.74, 6) is 0. The van der Waals surface area contributed by atoms with Crippen LogP contribution in [0.15, 0.2) is 24.3 Å². The van der Waals surface area contributed by atoms with Crippen molar-refractivity contribution in [1.29, 1.82) is 0 Å². The number of nitrogens with zero attached hydrogens (tertiary/aromatic N) is 1. The molecule has 1 heterocycles. The number of para-hydroxylation sites is 1. The second kappa shape index (κ2) is 6.62. The van der Waals surface area contributed by atoms with Gasteiger partial charge in [-0.15, -0.1) is 0 Å². The molecular formula is C18H30N2. The van der Waals surface area contributed by atoms with Crippen LogP contribution in [0.3, 0.4) is 0 Å². The van der Waals surface area contributed by atoms with Crippen molar-refractivity contribution in [3.8, 4) is 0 Å². The average Bonchev–Trinajstić information content (AvgIpc) is 2.44. The Labute approximate surface area is 124 Å². The van der Waals surface area contributed by atoms with Gasteiger partial charge in [-0.2, -0.15) is 0 Å². The summed E-state index contributed by atoms with van der Waals surface area (Å²) in [5.41, 5.74) is 3.34. The molecule has 112 valence electrons. The topological polar surface area (TPSA) is 15.3 Å². The Hall–Kier alpha value is -1.02. The maximum Gasteiger partial charge on any atom is 0.0414 e. The molecule has 0 aromatic heterocycles. The third kappa shape index (κ3) is 3.54. The third-order valence-electron chi connectivity index (χ3n) is 4.41. The second-order valence-corrected chi connectivity index (χ2v) is 6.77. The van der Waals surface area contributed by atoms with Crippen LogP contribution < -0.4 is 10.2 Å². The lowest BCUT2D eigenvalue weighted by Crippen LogP contribution is -2.41. The van der Waals surface area contributed by atoms with E-state index < -0.39 is 0 Å². The van der Waals surface area contributed by atoms with Crippen molar-refractivity contribution in [2.45, 2.75) is 53.0 Å². The standard InChI is InChI=1S/C18H30N2/c1-5-16(19-6-2)15-10-7-8-11-17(15)20-13-9-12-18(3,4)14-20/h7-8,10-11,16,19H,5-6,9,12-14H2,1-4H3. The van der Waals surface area contributed by atoms with Gasteiger partial charge in [-0.1, -0.05) is 45.9 Å². The molecular weight excluding hydrogens is 244 g/mol. The zero-order chi connectivity index (χ0) is 14.6. The monoisotopic (exact) mass is 274 g/mol. The molecule has 1 unspecified atom stereocenters. The molecule has 0 aliphatic carbocycles. The maximum atomic E-state index is 3.62.